The molecular weight excluding hydrogens is 360 g/mol. The maximum Gasteiger partial charge on any atom is 0.288 e. The zero-order valence-electron chi connectivity index (χ0n) is 11.1. The average molecular weight is 372 g/mol. The zero-order valence-corrected chi connectivity index (χ0v) is 13.5. The van der Waals surface area contributed by atoms with Crippen LogP contribution in [0.5, 0.6) is 0 Å². The predicted octanol–water partition coefficient (Wildman–Crippen LogP) is 5.32. The second-order valence-electron chi connectivity index (χ2n) is 4.32. The van der Waals surface area contributed by atoms with Crippen LogP contribution in [0.4, 0.5) is 14.5 Å². The largest absolute Gasteiger partial charge is 0.322 e. The van der Waals surface area contributed by atoms with Crippen LogP contribution in [0, 0.1) is 6.92 Å². The standard InChI is InChI=1S/C15H12BrF2NOS/c1-9-8-11(16)4-7-13(9)19-14(20)10-2-5-12(6-3-10)21-15(17)18/h2-8,15H,1H3,(H,19,20). The first-order valence-electron chi connectivity index (χ1n) is 6.08. The van der Waals surface area contributed by atoms with E-state index in [1.54, 1.807) is 6.07 Å². The Morgan fingerprint density at radius 1 is 1.19 bits per heavy atom. The van der Waals surface area contributed by atoms with E-state index in [1.165, 1.54) is 24.3 Å². The van der Waals surface area contributed by atoms with Gasteiger partial charge in [0.25, 0.3) is 11.7 Å². The van der Waals surface area contributed by atoms with E-state index in [2.05, 4.69) is 21.2 Å². The number of aryl methyl sites for hydroxylation is 1. The molecule has 0 spiro atoms. The summed E-state index contributed by atoms with van der Waals surface area (Å²) in [4.78, 5) is 12.5. The van der Waals surface area contributed by atoms with Gasteiger partial charge in [-0.1, -0.05) is 27.7 Å². The van der Waals surface area contributed by atoms with Crippen molar-refractivity contribution < 1.29 is 13.6 Å². The number of benzene rings is 2. The molecule has 0 atom stereocenters. The Balaban J connectivity index is 2.09. The minimum Gasteiger partial charge on any atom is -0.322 e. The number of halogens is 3. The van der Waals surface area contributed by atoms with Crippen LogP contribution in [0.15, 0.2) is 51.8 Å². The SMILES string of the molecule is Cc1cc(Br)ccc1NC(=O)c1ccc(SC(F)F)cc1. The lowest BCUT2D eigenvalue weighted by Crippen LogP contribution is -2.12. The number of amides is 1. The van der Waals surface area contributed by atoms with Crippen molar-refractivity contribution in [3.05, 3.63) is 58.1 Å². The van der Waals surface area contributed by atoms with Gasteiger partial charge in [0.2, 0.25) is 0 Å². The number of nitrogens with one attached hydrogen (secondary N) is 1. The summed E-state index contributed by atoms with van der Waals surface area (Å²) in [5, 5.41) is 2.80. The number of carbonyl (C=O) groups excluding carboxylic acids is 1. The van der Waals surface area contributed by atoms with Gasteiger partial charge in [-0.15, -0.1) is 0 Å². The molecule has 0 unspecified atom stereocenters. The summed E-state index contributed by atoms with van der Waals surface area (Å²) in [5.74, 6) is -2.73. The van der Waals surface area contributed by atoms with Crippen molar-refractivity contribution in [1.29, 1.82) is 0 Å². The molecule has 21 heavy (non-hydrogen) atoms. The highest BCUT2D eigenvalue weighted by Crippen LogP contribution is 2.25. The van der Waals surface area contributed by atoms with Crippen molar-refractivity contribution in [2.75, 3.05) is 5.32 Å². The summed E-state index contributed by atoms with van der Waals surface area (Å²) in [6.07, 6.45) is 0. The molecule has 0 saturated heterocycles. The van der Waals surface area contributed by atoms with Gasteiger partial charge in [-0.3, -0.25) is 4.79 Å². The Kier molecular flexibility index (Phi) is 5.36. The number of rotatable bonds is 4. The zero-order chi connectivity index (χ0) is 15.4. The monoisotopic (exact) mass is 371 g/mol. The van der Waals surface area contributed by atoms with Crippen molar-refractivity contribution in [2.24, 2.45) is 0 Å². The van der Waals surface area contributed by atoms with Crippen molar-refractivity contribution in [1.82, 2.24) is 0 Å². The summed E-state index contributed by atoms with van der Waals surface area (Å²) in [6.45, 7) is 1.89. The third-order valence-corrected chi connectivity index (χ3v) is 3.99. The van der Waals surface area contributed by atoms with E-state index in [9.17, 15) is 13.6 Å². The van der Waals surface area contributed by atoms with Crippen LogP contribution < -0.4 is 5.32 Å². The van der Waals surface area contributed by atoms with Crippen LogP contribution in [-0.2, 0) is 0 Å². The third-order valence-electron chi connectivity index (χ3n) is 2.78. The van der Waals surface area contributed by atoms with Gasteiger partial charge in [-0.05, 0) is 55.0 Å². The number of anilines is 1. The van der Waals surface area contributed by atoms with Crippen LogP contribution in [0.2, 0.25) is 0 Å². The second kappa shape index (κ2) is 7.04. The van der Waals surface area contributed by atoms with Gasteiger partial charge in [0.15, 0.2) is 0 Å². The van der Waals surface area contributed by atoms with Gasteiger partial charge in [0.05, 0.1) is 0 Å². The number of carbonyl (C=O) groups is 1. The molecule has 0 fully saturated rings. The molecule has 2 aromatic carbocycles. The van der Waals surface area contributed by atoms with E-state index in [0.717, 1.165) is 10.0 Å². The fourth-order valence-electron chi connectivity index (χ4n) is 1.75. The lowest BCUT2D eigenvalue weighted by Gasteiger charge is -2.09. The Hall–Kier alpha value is -1.40. The molecule has 0 heterocycles. The number of alkyl halides is 2. The summed E-state index contributed by atoms with van der Waals surface area (Å²) in [5.41, 5.74) is 2.08. The van der Waals surface area contributed by atoms with E-state index >= 15 is 0 Å². The molecule has 1 N–H and O–H groups in total. The highest BCUT2D eigenvalue weighted by molar-refractivity contribution is 9.10. The summed E-state index contributed by atoms with van der Waals surface area (Å²) < 4.78 is 25.4. The molecule has 0 saturated carbocycles. The minimum absolute atomic E-state index is 0.269. The summed E-state index contributed by atoms with van der Waals surface area (Å²) in [6, 6.07) is 11.6. The minimum atomic E-state index is -2.46. The van der Waals surface area contributed by atoms with E-state index < -0.39 is 5.76 Å². The van der Waals surface area contributed by atoms with Gasteiger partial charge in [-0.2, -0.15) is 8.78 Å². The van der Waals surface area contributed by atoms with Crippen LogP contribution >= 0.6 is 27.7 Å². The van der Waals surface area contributed by atoms with Crippen LogP contribution in [-0.4, -0.2) is 11.7 Å². The first-order valence-corrected chi connectivity index (χ1v) is 7.75. The van der Waals surface area contributed by atoms with E-state index in [0.29, 0.717) is 27.9 Å². The fraction of sp³-hybridized carbons (Fsp3) is 0.133. The first-order chi connectivity index (χ1) is 9.95. The lowest BCUT2D eigenvalue weighted by atomic mass is 10.1. The van der Waals surface area contributed by atoms with E-state index in [-0.39, 0.29) is 5.91 Å². The van der Waals surface area contributed by atoms with E-state index in [4.69, 9.17) is 0 Å². The molecule has 0 bridgehead atoms. The smallest absolute Gasteiger partial charge is 0.288 e. The summed E-state index contributed by atoms with van der Waals surface area (Å²) >= 11 is 3.82. The molecule has 2 nitrogen and oxygen atoms in total. The van der Waals surface area contributed by atoms with Crippen LogP contribution in [0.1, 0.15) is 15.9 Å². The highest BCUT2D eigenvalue weighted by atomic mass is 79.9. The molecule has 6 heteroatoms. The first kappa shape index (κ1) is 16.0. The Morgan fingerprint density at radius 3 is 2.43 bits per heavy atom. The normalized spacial score (nSPS) is 10.7. The quantitative estimate of drug-likeness (QED) is 0.736. The maximum absolute atomic E-state index is 12.2. The Labute approximate surface area is 134 Å². The molecule has 0 aliphatic carbocycles. The molecule has 0 aliphatic rings. The third kappa shape index (κ3) is 4.54. The average Bonchev–Trinajstić information content (AvgIpc) is 2.42. The van der Waals surface area contributed by atoms with E-state index in [1.807, 2.05) is 19.1 Å². The van der Waals surface area contributed by atoms with Gasteiger partial charge in [-0.25, -0.2) is 0 Å². The molecule has 0 aliphatic heterocycles. The molecule has 1 amide bonds. The fourth-order valence-corrected chi connectivity index (χ4v) is 2.72. The number of hydrogen-bond donors (Lipinski definition) is 1. The summed E-state index contributed by atoms with van der Waals surface area (Å²) in [7, 11) is 0. The van der Waals surface area contributed by atoms with Gasteiger partial charge < -0.3 is 5.32 Å². The molecule has 0 radical (unpaired) electrons. The van der Waals surface area contributed by atoms with Crippen LogP contribution in [0.3, 0.4) is 0 Å². The lowest BCUT2D eigenvalue weighted by molar-refractivity contribution is 0.102. The second-order valence-corrected chi connectivity index (χ2v) is 6.30. The molecule has 2 aromatic rings. The van der Waals surface area contributed by atoms with Crippen LogP contribution in [0.25, 0.3) is 0 Å². The van der Waals surface area contributed by atoms with Crippen molar-refractivity contribution >= 4 is 39.3 Å². The Bertz CT molecular complexity index is 647. The highest BCUT2D eigenvalue weighted by Gasteiger charge is 2.09. The topological polar surface area (TPSA) is 29.1 Å². The van der Waals surface area contributed by atoms with Crippen molar-refractivity contribution in [2.45, 2.75) is 17.6 Å². The van der Waals surface area contributed by atoms with Gasteiger partial charge in [0, 0.05) is 20.6 Å². The van der Waals surface area contributed by atoms with Crippen molar-refractivity contribution in [3.63, 3.8) is 0 Å². The Morgan fingerprint density at radius 2 is 1.86 bits per heavy atom. The maximum atomic E-state index is 12.2. The van der Waals surface area contributed by atoms with Gasteiger partial charge >= 0.3 is 0 Å². The van der Waals surface area contributed by atoms with Crippen molar-refractivity contribution in [3.8, 4) is 0 Å². The number of hydrogen-bond acceptors (Lipinski definition) is 2. The molecule has 2 rings (SSSR count). The molecular formula is C15H12BrF2NOS. The molecule has 110 valence electrons. The number of thioether (sulfide) groups is 1. The predicted molar refractivity (Wildman–Crippen MR) is 85.1 cm³/mol. The molecule has 0 aromatic heterocycles. The van der Waals surface area contributed by atoms with Gasteiger partial charge in [0.1, 0.15) is 0 Å².